The first-order valence-corrected chi connectivity index (χ1v) is 6.63. The maximum absolute atomic E-state index is 11.8. The summed E-state index contributed by atoms with van der Waals surface area (Å²) in [6, 6.07) is 5.98. The second-order valence-electron chi connectivity index (χ2n) is 4.51. The van der Waals surface area contributed by atoms with E-state index in [0.29, 0.717) is 12.4 Å². The summed E-state index contributed by atoms with van der Waals surface area (Å²) < 4.78 is 10.6. The number of nitrogens with zero attached hydrogens (tertiary/aromatic N) is 2. The zero-order valence-electron chi connectivity index (χ0n) is 12.3. The summed E-state index contributed by atoms with van der Waals surface area (Å²) >= 11 is 0. The Kier molecular flexibility index (Phi) is 4.76. The Hall–Kier alpha value is -2.57. The van der Waals surface area contributed by atoms with Crippen molar-refractivity contribution >= 4 is 11.9 Å². The molecule has 0 aliphatic carbocycles. The van der Waals surface area contributed by atoms with E-state index in [0.717, 1.165) is 11.1 Å². The van der Waals surface area contributed by atoms with Gasteiger partial charge in [-0.2, -0.15) is 4.98 Å². The highest BCUT2D eigenvalue weighted by Gasteiger charge is 2.09. The molecule has 0 unspecified atom stereocenters. The fraction of sp³-hybridized carbons (Fsp3) is 0.357. The molecule has 1 heterocycles. The van der Waals surface area contributed by atoms with Crippen molar-refractivity contribution in [2.24, 2.45) is 0 Å². The first-order chi connectivity index (χ1) is 10.1. The summed E-state index contributed by atoms with van der Waals surface area (Å²) in [6.07, 6.45) is 0. The van der Waals surface area contributed by atoms with Crippen molar-refractivity contribution in [1.29, 1.82) is 0 Å². The fourth-order valence-electron chi connectivity index (χ4n) is 1.77. The Morgan fingerprint density at radius 3 is 2.86 bits per heavy atom. The Balaban J connectivity index is 1.86. The number of hydrogen-bond donors (Lipinski definition) is 2. The number of carbonyl (C=O) groups excluding carboxylic acids is 1. The van der Waals surface area contributed by atoms with Crippen LogP contribution in [0.15, 0.2) is 18.2 Å². The van der Waals surface area contributed by atoms with Crippen LogP contribution in [0.25, 0.3) is 0 Å². The second kappa shape index (κ2) is 6.74. The van der Waals surface area contributed by atoms with Gasteiger partial charge in [-0.25, -0.2) is 5.10 Å². The molecular formula is C14H18N4O3. The molecule has 0 spiro atoms. The lowest BCUT2D eigenvalue weighted by Crippen LogP contribution is -2.21. The van der Waals surface area contributed by atoms with Crippen molar-refractivity contribution in [3.63, 3.8) is 0 Å². The van der Waals surface area contributed by atoms with Crippen LogP contribution in [-0.2, 0) is 4.79 Å². The van der Waals surface area contributed by atoms with Crippen LogP contribution < -0.4 is 14.8 Å². The van der Waals surface area contributed by atoms with Crippen LogP contribution in [0.3, 0.4) is 0 Å². The molecular weight excluding hydrogens is 272 g/mol. The molecule has 1 aromatic carbocycles. The van der Waals surface area contributed by atoms with E-state index < -0.39 is 0 Å². The van der Waals surface area contributed by atoms with E-state index in [1.807, 2.05) is 39.0 Å². The van der Waals surface area contributed by atoms with E-state index in [-0.39, 0.29) is 24.5 Å². The van der Waals surface area contributed by atoms with Gasteiger partial charge in [-0.05, 0) is 32.4 Å². The summed E-state index contributed by atoms with van der Waals surface area (Å²) in [6.45, 7) is 6.12. The monoisotopic (exact) mass is 290 g/mol. The maximum Gasteiger partial charge on any atom is 0.337 e. The zero-order chi connectivity index (χ0) is 15.2. The first kappa shape index (κ1) is 14.8. The van der Waals surface area contributed by atoms with Crippen LogP contribution in [0.5, 0.6) is 11.8 Å². The minimum Gasteiger partial charge on any atom is -0.483 e. The van der Waals surface area contributed by atoms with E-state index in [1.54, 1.807) is 0 Å². The largest absolute Gasteiger partial charge is 0.483 e. The molecule has 0 radical (unpaired) electrons. The van der Waals surface area contributed by atoms with Gasteiger partial charge in [0.15, 0.2) is 6.61 Å². The smallest absolute Gasteiger partial charge is 0.337 e. The molecule has 2 N–H and O–H groups in total. The third kappa shape index (κ3) is 4.20. The molecule has 7 heteroatoms. The lowest BCUT2D eigenvalue weighted by atomic mass is 10.1. The number of amides is 1. The van der Waals surface area contributed by atoms with E-state index in [2.05, 4.69) is 20.5 Å². The highest BCUT2D eigenvalue weighted by molar-refractivity contribution is 5.90. The minimum absolute atomic E-state index is 0.103. The molecule has 2 aromatic rings. The Morgan fingerprint density at radius 2 is 2.14 bits per heavy atom. The number of hydrogen-bond acceptors (Lipinski definition) is 5. The second-order valence-corrected chi connectivity index (χ2v) is 4.51. The molecule has 0 saturated carbocycles. The van der Waals surface area contributed by atoms with Gasteiger partial charge in [-0.15, -0.1) is 5.10 Å². The van der Waals surface area contributed by atoms with Crippen molar-refractivity contribution in [3.8, 4) is 11.8 Å². The number of nitrogens with one attached hydrogen (secondary N) is 2. The van der Waals surface area contributed by atoms with Gasteiger partial charge in [0.05, 0.1) is 6.61 Å². The lowest BCUT2D eigenvalue weighted by molar-refractivity contribution is -0.118. The highest BCUT2D eigenvalue weighted by atomic mass is 16.5. The van der Waals surface area contributed by atoms with Crippen LogP contribution in [0.4, 0.5) is 5.95 Å². The van der Waals surface area contributed by atoms with Gasteiger partial charge in [-0.3, -0.25) is 10.1 Å². The van der Waals surface area contributed by atoms with E-state index in [9.17, 15) is 4.79 Å². The number of benzene rings is 1. The molecule has 112 valence electrons. The zero-order valence-corrected chi connectivity index (χ0v) is 12.3. The van der Waals surface area contributed by atoms with Crippen molar-refractivity contribution in [2.45, 2.75) is 20.8 Å². The van der Waals surface area contributed by atoms with Crippen molar-refractivity contribution in [2.75, 3.05) is 18.5 Å². The van der Waals surface area contributed by atoms with E-state index >= 15 is 0 Å². The predicted molar refractivity (Wildman–Crippen MR) is 77.6 cm³/mol. The summed E-state index contributed by atoms with van der Waals surface area (Å²) in [5.41, 5.74) is 2.13. The highest BCUT2D eigenvalue weighted by Crippen LogP contribution is 2.18. The van der Waals surface area contributed by atoms with Gasteiger partial charge in [0.1, 0.15) is 5.75 Å². The molecule has 0 fully saturated rings. The quantitative estimate of drug-likeness (QED) is 0.847. The summed E-state index contributed by atoms with van der Waals surface area (Å²) in [7, 11) is 0. The third-order valence-corrected chi connectivity index (χ3v) is 2.69. The summed E-state index contributed by atoms with van der Waals surface area (Å²) in [5, 5.41) is 8.90. The molecule has 0 atom stereocenters. The van der Waals surface area contributed by atoms with Crippen molar-refractivity contribution < 1.29 is 14.3 Å². The first-order valence-electron chi connectivity index (χ1n) is 6.63. The predicted octanol–water partition coefficient (Wildman–Crippen LogP) is 1.84. The number of anilines is 1. The van der Waals surface area contributed by atoms with Gasteiger partial charge >= 0.3 is 6.01 Å². The molecule has 2 rings (SSSR count). The Bertz CT molecular complexity index is 624. The number of ether oxygens (including phenoxy) is 2. The molecule has 0 aliphatic heterocycles. The van der Waals surface area contributed by atoms with Crippen LogP contribution in [-0.4, -0.2) is 34.3 Å². The molecule has 1 aromatic heterocycles. The standard InChI is InChI=1S/C14H18N4O3/c1-4-20-14-16-13(17-18-14)15-12(19)8-21-11-6-5-9(2)7-10(11)3/h5-7H,4,8H2,1-3H3,(H2,15,16,17,18,19). The number of carbonyl (C=O) groups is 1. The molecule has 0 bridgehead atoms. The normalized spacial score (nSPS) is 10.2. The fourth-order valence-corrected chi connectivity index (χ4v) is 1.77. The number of rotatable bonds is 6. The van der Waals surface area contributed by atoms with Gasteiger partial charge < -0.3 is 9.47 Å². The van der Waals surface area contributed by atoms with Crippen molar-refractivity contribution in [1.82, 2.24) is 15.2 Å². The third-order valence-electron chi connectivity index (χ3n) is 2.69. The molecule has 1 amide bonds. The van der Waals surface area contributed by atoms with Gasteiger partial charge in [0.2, 0.25) is 5.95 Å². The molecule has 0 saturated heterocycles. The molecule has 21 heavy (non-hydrogen) atoms. The average Bonchev–Trinajstić information content (AvgIpc) is 2.85. The topological polar surface area (TPSA) is 89.1 Å². The lowest BCUT2D eigenvalue weighted by Gasteiger charge is -2.09. The SMILES string of the molecule is CCOc1n[nH]c(NC(=O)COc2ccc(C)cc2C)n1. The molecule has 7 nitrogen and oxygen atoms in total. The van der Waals surface area contributed by atoms with E-state index in [1.165, 1.54) is 0 Å². The number of H-pyrrole nitrogens is 1. The maximum atomic E-state index is 11.8. The van der Waals surface area contributed by atoms with Crippen molar-refractivity contribution in [3.05, 3.63) is 29.3 Å². The van der Waals surface area contributed by atoms with Gasteiger partial charge in [0.25, 0.3) is 5.91 Å². The average molecular weight is 290 g/mol. The minimum atomic E-state index is -0.325. The van der Waals surface area contributed by atoms with E-state index in [4.69, 9.17) is 9.47 Å². The van der Waals surface area contributed by atoms with Crippen LogP contribution in [0.1, 0.15) is 18.1 Å². The molecule has 0 aliphatic rings. The number of aryl methyl sites for hydroxylation is 2. The van der Waals surface area contributed by atoms with Crippen LogP contribution >= 0.6 is 0 Å². The summed E-state index contributed by atoms with van der Waals surface area (Å²) in [5.74, 6) is 0.588. The summed E-state index contributed by atoms with van der Waals surface area (Å²) in [4.78, 5) is 15.7. The Morgan fingerprint density at radius 1 is 1.33 bits per heavy atom. The Labute approximate surface area is 122 Å². The van der Waals surface area contributed by atoms with Crippen LogP contribution in [0.2, 0.25) is 0 Å². The number of aromatic nitrogens is 3. The van der Waals surface area contributed by atoms with Gasteiger partial charge in [-0.1, -0.05) is 17.7 Å². The van der Waals surface area contributed by atoms with Gasteiger partial charge in [0, 0.05) is 0 Å². The number of aromatic amines is 1. The van der Waals surface area contributed by atoms with Crippen LogP contribution in [0, 0.1) is 13.8 Å².